The van der Waals surface area contributed by atoms with Crippen molar-refractivity contribution in [1.82, 2.24) is 9.78 Å². The summed E-state index contributed by atoms with van der Waals surface area (Å²) >= 11 is 0. The van der Waals surface area contributed by atoms with Gasteiger partial charge in [0, 0.05) is 27.2 Å². The van der Waals surface area contributed by atoms with Crippen molar-refractivity contribution in [3.63, 3.8) is 0 Å². The van der Waals surface area contributed by atoms with Gasteiger partial charge in [-0.25, -0.2) is 0 Å². The fourth-order valence-electron chi connectivity index (χ4n) is 2.36. The number of ether oxygens (including phenoxy) is 1. The molecule has 5 heteroatoms. The molecule has 1 aliphatic rings. The Labute approximate surface area is 96.2 Å². The highest BCUT2D eigenvalue weighted by atomic mass is 16.5. The van der Waals surface area contributed by atoms with E-state index in [1.807, 2.05) is 18.7 Å². The molecule has 1 aromatic heterocycles. The van der Waals surface area contributed by atoms with Gasteiger partial charge < -0.3 is 15.4 Å². The maximum atomic E-state index is 6.06. The van der Waals surface area contributed by atoms with Gasteiger partial charge in [-0.05, 0) is 19.8 Å². The standard InChI is InChI=1S/C11H20N4O/c1-8-10(12)11(14(2)13-8)15-6-4-5-9(7-15)16-3/h9H,4-7,12H2,1-3H3. The molecule has 1 atom stereocenters. The van der Waals surface area contributed by atoms with E-state index in [4.69, 9.17) is 10.5 Å². The summed E-state index contributed by atoms with van der Waals surface area (Å²) < 4.78 is 7.28. The van der Waals surface area contributed by atoms with Gasteiger partial charge in [0.25, 0.3) is 0 Å². The second kappa shape index (κ2) is 4.33. The number of aryl methyl sites for hydroxylation is 2. The molecule has 90 valence electrons. The van der Waals surface area contributed by atoms with Gasteiger partial charge in [0.15, 0.2) is 0 Å². The molecule has 0 radical (unpaired) electrons. The Morgan fingerprint density at radius 1 is 1.50 bits per heavy atom. The van der Waals surface area contributed by atoms with Crippen molar-refractivity contribution in [3.05, 3.63) is 5.69 Å². The van der Waals surface area contributed by atoms with Crippen molar-refractivity contribution in [2.45, 2.75) is 25.9 Å². The third-order valence-electron chi connectivity index (χ3n) is 3.25. The van der Waals surface area contributed by atoms with Crippen molar-refractivity contribution in [1.29, 1.82) is 0 Å². The van der Waals surface area contributed by atoms with E-state index < -0.39 is 0 Å². The molecule has 1 aliphatic heterocycles. The minimum atomic E-state index is 0.309. The van der Waals surface area contributed by atoms with Crippen LogP contribution in [-0.2, 0) is 11.8 Å². The van der Waals surface area contributed by atoms with Gasteiger partial charge in [-0.15, -0.1) is 0 Å². The van der Waals surface area contributed by atoms with Gasteiger partial charge in [-0.3, -0.25) is 4.68 Å². The fourth-order valence-corrected chi connectivity index (χ4v) is 2.36. The number of nitrogens with zero attached hydrogens (tertiary/aromatic N) is 3. The minimum absolute atomic E-state index is 0.309. The summed E-state index contributed by atoms with van der Waals surface area (Å²) in [7, 11) is 3.71. The molecule has 0 aromatic carbocycles. The van der Waals surface area contributed by atoms with Gasteiger partial charge in [-0.1, -0.05) is 0 Å². The number of anilines is 2. The quantitative estimate of drug-likeness (QED) is 0.812. The zero-order valence-corrected chi connectivity index (χ0v) is 10.2. The summed E-state index contributed by atoms with van der Waals surface area (Å²) in [5.41, 5.74) is 7.75. The van der Waals surface area contributed by atoms with Crippen molar-refractivity contribution < 1.29 is 4.74 Å². The first-order chi connectivity index (χ1) is 7.63. The van der Waals surface area contributed by atoms with E-state index in [0.29, 0.717) is 6.10 Å². The number of methoxy groups -OCH3 is 1. The van der Waals surface area contributed by atoms with Crippen LogP contribution in [0.4, 0.5) is 11.5 Å². The van der Waals surface area contributed by atoms with Crippen LogP contribution in [0.2, 0.25) is 0 Å². The molecule has 0 saturated carbocycles. The van der Waals surface area contributed by atoms with E-state index in [9.17, 15) is 0 Å². The lowest BCUT2D eigenvalue weighted by atomic mass is 10.1. The molecule has 0 aliphatic carbocycles. The minimum Gasteiger partial charge on any atom is -0.394 e. The number of nitrogens with two attached hydrogens (primary N) is 1. The molecule has 1 unspecified atom stereocenters. The molecular formula is C11H20N4O. The number of hydrogen-bond acceptors (Lipinski definition) is 4. The van der Waals surface area contributed by atoms with E-state index in [1.54, 1.807) is 7.11 Å². The first kappa shape index (κ1) is 11.3. The Balaban J connectivity index is 2.23. The summed E-state index contributed by atoms with van der Waals surface area (Å²) in [6, 6.07) is 0. The molecule has 2 rings (SSSR count). The predicted molar refractivity (Wildman–Crippen MR) is 64.6 cm³/mol. The van der Waals surface area contributed by atoms with Gasteiger partial charge in [0.05, 0.1) is 17.5 Å². The zero-order valence-electron chi connectivity index (χ0n) is 10.2. The maximum Gasteiger partial charge on any atom is 0.150 e. The smallest absolute Gasteiger partial charge is 0.150 e. The van der Waals surface area contributed by atoms with Crippen LogP contribution >= 0.6 is 0 Å². The van der Waals surface area contributed by atoms with Crippen LogP contribution < -0.4 is 10.6 Å². The monoisotopic (exact) mass is 224 g/mol. The largest absolute Gasteiger partial charge is 0.394 e. The predicted octanol–water partition coefficient (Wildman–Crippen LogP) is 0.926. The first-order valence-corrected chi connectivity index (χ1v) is 5.70. The topological polar surface area (TPSA) is 56.3 Å². The molecule has 1 saturated heterocycles. The van der Waals surface area contributed by atoms with Crippen LogP contribution in [0.15, 0.2) is 0 Å². The Bertz CT molecular complexity index is 374. The van der Waals surface area contributed by atoms with Crippen molar-refractivity contribution in [2.24, 2.45) is 7.05 Å². The van der Waals surface area contributed by atoms with Gasteiger partial charge in [0.1, 0.15) is 5.82 Å². The zero-order chi connectivity index (χ0) is 11.7. The van der Waals surface area contributed by atoms with E-state index in [2.05, 4.69) is 10.00 Å². The fraction of sp³-hybridized carbons (Fsp3) is 0.727. The van der Waals surface area contributed by atoms with Gasteiger partial charge in [-0.2, -0.15) is 5.10 Å². The van der Waals surface area contributed by atoms with Crippen molar-refractivity contribution in [2.75, 3.05) is 30.8 Å². The van der Waals surface area contributed by atoms with Crippen LogP contribution in [0.25, 0.3) is 0 Å². The molecule has 0 bridgehead atoms. The summed E-state index contributed by atoms with van der Waals surface area (Å²) in [4.78, 5) is 2.27. The second-order valence-electron chi connectivity index (χ2n) is 4.39. The third-order valence-corrected chi connectivity index (χ3v) is 3.25. The van der Waals surface area contributed by atoms with E-state index in [1.165, 1.54) is 0 Å². The van der Waals surface area contributed by atoms with E-state index >= 15 is 0 Å². The number of nitrogen functional groups attached to an aromatic ring is 1. The molecule has 2 heterocycles. The van der Waals surface area contributed by atoms with E-state index in [-0.39, 0.29) is 0 Å². The average molecular weight is 224 g/mol. The molecule has 1 aromatic rings. The molecule has 0 amide bonds. The molecule has 1 fully saturated rings. The highest BCUT2D eigenvalue weighted by Crippen LogP contribution is 2.28. The summed E-state index contributed by atoms with van der Waals surface area (Å²) in [6.07, 6.45) is 2.58. The summed E-state index contributed by atoms with van der Waals surface area (Å²) in [5.74, 6) is 1.03. The number of hydrogen-bond donors (Lipinski definition) is 1. The number of aromatic nitrogens is 2. The van der Waals surface area contributed by atoms with E-state index in [0.717, 1.165) is 43.1 Å². The van der Waals surface area contributed by atoms with Crippen LogP contribution in [-0.4, -0.2) is 36.1 Å². The lowest BCUT2D eigenvalue weighted by molar-refractivity contribution is 0.0890. The second-order valence-corrected chi connectivity index (χ2v) is 4.39. The molecular weight excluding hydrogens is 204 g/mol. The lowest BCUT2D eigenvalue weighted by Crippen LogP contribution is -2.40. The Kier molecular flexibility index (Phi) is 3.05. The third kappa shape index (κ3) is 1.87. The normalized spacial score (nSPS) is 21.4. The average Bonchev–Trinajstić information content (AvgIpc) is 2.53. The van der Waals surface area contributed by atoms with Crippen LogP contribution in [0, 0.1) is 6.92 Å². The summed E-state index contributed by atoms with van der Waals surface area (Å²) in [6.45, 7) is 3.87. The van der Waals surface area contributed by atoms with Crippen LogP contribution in [0.5, 0.6) is 0 Å². The highest BCUT2D eigenvalue weighted by molar-refractivity contribution is 5.66. The van der Waals surface area contributed by atoms with Crippen molar-refractivity contribution >= 4 is 11.5 Å². The molecule has 0 spiro atoms. The van der Waals surface area contributed by atoms with Gasteiger partial charge >= 0.3 is 0 Å². The first-order valence-electron chi connectivity index (χ1n) is 5.70. The number of rotatable bonds is 2. The maximum absolute atomic E-state index is 6.06. The SMILES string of the molecule is COC1CCCN(c2c(N)c(C)nn2C)C1. The Hall–Kier alpha value is -1.23. The molecule has 5 nitrogen and oxygen atoms in total. The highest BCUT2D eigenvalue weighted by Gasteiger charge is 2.24. The van der Waals surface area contributed by atoms with Crippen molar-refractivity contribution in [3.8, 4) is 0 Å². The van der Waals surface area contributed by atoms with Gasteiger partial charge in [0.2, 0.25) is 0 Å². The number of piperidine rings is 1. The Morgan fingerprint density at radius 2 is 2.25 bits per heavy atom. The summed E-state index contributed by atoms with van der Waals surface area (Å²) in [5, 5.41) is 4.35. The molecule has 2 N–H and O–H groups in total. The van der Waals surface area contributed by atoms with Crippen LogP contribution in [0.1, 0.15) is 18.5 Å². The molecule has 16 heavy (non-hydrogen) atoms. The Morgan fingerprint density at radius 3 is 2.81 bits per heavy atom. The van der Waals surface area contributed by atoms with Crippen LogP contribution in [0.3, 0.4) is 0 Å². The lowest BCUT2D eigenvalue weighted by Gasteiger charge is -2.33.